The lowest BCUT2D eigenvalue weighted by molar-refractivity contribution is 0.102. The second-order valence-electron chi connectivity index (χ2n) is 6.56. The summed E-state index contributed by atoms with van der Waals surface area (Å²) < 4.78 is 5.69. The fraction of sp³-hybridized carbons (Fsp3) is 0.0455. The van der Waals surface area contributed by atoms with E-state index in [1.54, 1.807) is 54.6 Å². The molecule has 4 aromatic rings. The molecule has 0 saturated carbocycles. The number of aromatic amines is 2. The van der Waals surface area contributed by atoms with Crippen LogP contribution in [-0.2, 0) is 6.61 Å². The van der Waals surface area contributed by atoms with Crippen LogP contribution in [0.3, 0.4) is 0 Å². The molecular formula is C22H16ClN3O4. The first-order valence-electron chi connectivity index (χ1n) is 9.03. The normalized spacial score (nSPS) is 10.7. The van der Waals surface area contributed by atoms with E-state index >= 15 is 0 Å². The molecule has 0 radical (unpaired) electrons. The Hall–Kier alpha value is -3.84. The average Bonchev–Trinajstić information content (AvgIpc) is 2.75. The van der Waals surface area contributed by atoms with Gasteiger partial charge in [-0.2, -0.15) is 0 Å². The van der Waals surface area contributed by atoms with Gasteiger partial charge in [0.15, 0.2) is 0 Å². The summed E-state index contributed by atoms with van der Waals surface area (Å²) in [6, 6.07) is 19.0. The molecule has 150 valence electrons. The van der Waals surface area contributed by atoms with E-state index in [-0.39, 0.29) is 5.91 Å². The molecule has 0 spiro atoms. The number of ether oxygens (including phenoxy) is 1. The van der Waals surface area contributed by atoms with Crippen LogP contribution in [0.5, 0.6) is 5.75 Å². The summed E-state index contributed by atoms with van der Waals surface area (Å²) in [7, 11) is 0. The van der Waals surface area contributed by atoms with Gasteiger partial charge in [0.1, 0.15) is 12.4 Å². The third kappa shape index (κ3) is 4.42. The molecule has 3 N–H and O–H groups in total. The maximum Gasteiger partial charge on any atom is 0.314 e. The lowest BCUT2D eigenvalue weighted by Gasteiger charge is -2.09. The van der Waals surface area contributed by atoms with Gasteiger partial charge in [0.05, 0.1) is 11.0 Å². The van der Waals surface area contributed by atoms with Crippen LogP contribution < -0.4 is 21.2 Å². The molecule has 0 aliphatic carbocycles. The Morgan fingerprint density at radius 2 is 1.53 bits per heavy atom. The molecule has 0 aliphatic rings. The molecule has 0 atom stereocenters. The van der Waals surface area contributed by atoms with Gasteiger partial charge in [-0.3, -0.25) is 14.4 Å². The summed E-state index contributed by atoms with van der Waals surface area (Å²) in [4.78, 5) is 40.3. The lowest BCUT2D eigenvalue weighted by Crippen LogP contribution is -2.28. The number of halogens is 1. The fourth-order valence-corrected chi connectivity index (χ4v) is 2.97. The van der Waals surface area contributed by atoms with E-state index in [0.717, 1.165) is 5.56 Å². The van der Waals surface area contributed by atoms with Crippen LogP contribution in [0.15, 0.2) is 76.3 Å². The van der Waals surface area contributed by atoms with Gasteiger partial charge < -0.3 is 20.0 Å². The van der Waals surface area contributed by atoms with Crippen LogP contribution >= 0.6 is 11.6 Å². The number of benzene rings is 3. The summed E-state index contributed by atoms with van der Waals surface area (Å²) >= 11 is 5.85. The van der Waals surface area contributed by atoms with Crippen LogP contribution in [0.2, 0.25) is 5.02 Å². The third-order valence-electron chi connectivity index (χ3n) is 4.42. The van der Waals surface area contributed by atoms with Gasteiger partial charge >= 0.3 is 11.1 Å². The molecule has 0 fully saturated rings. The molecule has 0 saturated heterocycles. The first-order valence-corrected chi connectivity index (χ1v) is 9.41. The van der Waals surface area contributed by atoms with Gasteiger partial charge in [0, 0.05) is 16.3 Å². The maximum atomic E-state index is 12.5. The quantitative estimate of drug-likeness (QED) is 0.427. The Labute approximate surface area is 175 Å². The molecule has 7 nitrogen and oxygen atoms in total. The highest BCUT2D eigenvalue weighted by atomic mass is 35.5. The number of nitrogens with one attached hydrogen (secondary N) is 3. The second kappa shape index (κ2) is 8.26. The molecule has 0 unspecified atom stereocenters. The molecule has 0 bridgehead atoms. The monoisotopic (exact) mass is 421 g/mol. The first-order chi connectivity index (χ1) is 14.5. The lowest BCUT2D eigenvalue weighted by atomic mass is 10.1. The molecule has 4 rings (SSSR count). The maximum absolute atomic E-state index is 12.5. The van der Waals surface area contributed by atoms with Crippen molar-refractivity contribution in [3.8, 4) is 5.75 Å². The predicted molar refractivity (Wildman–Crippen MR) is 115 cm³/mol. The number of aromatic nitrogens is 2. The summed E-state index contributed by atoms with van der Waals surface area (Å²) in [6.07, 6.45) is 0. The first kappa shape index (κ1) is 19.5. The Balaban J connectivity index is 1.42. The van der Waals surface area contributed by atoms with E-state index in [1.165, 1.54) is 0 Å². The van der Waals surface area contributed by atoms with Crippen LogP contribution in [0, 0.1) is 0 Å². The molecule has 8 heteroatoms. The number of rotatable bonds is 5. The van der Waals surface area contributed by atoms with E-state index in [0.29, 0.717) is 39.7 Å². The fourth-order valence-electron chi connectivity index (χ4n) is 2.85. The van der Waals surface area contributed by atoms with E-state index in [2.05, 4.69) is 15.3 Å². The molecular weight excluding hydrogens is 406 g/mol. The van der Waals surface area contributed by atoms with Gasteiger partial charge in [-0.05, 0) is 60.2 Å². The van der Waals surface area contributed by atoms with Crippen molar-refractivity contribution in [1.29, 1.82) is 0 Å². The average molecular weight is 422 g/mol. The standard InChI is InChI=1S/C22H16ClN3O4/c23-15-5-8-17(9-6-15)30-12-13-1-3-14(4-2-13)20(27)24-16-7-10-18-19(11-16)26-22(29)21(28)25-18/h1-11H,12H2,(H,24,27)(H,25,28)(H,26,29). The van der Waals surface area contributed by atoms with Crippen molar-refractivity contribution in [2.45, 2.75) is 6.61 Å². The van der Waals surface area contributed by atoms with Crippen LogP contribution in [-0.4, -0.2) is 15.9 Å². The number of H-pyrrole nitrogens is 2. The summed E-state index contributed by atoms with van der Waals surface area (Å²) in [6.45, 7) is 0.361. The van der Waals surface area contributed by atoms with Crippen molar-refractivity contribution in [2.24, 2.45) is 0 Å². The van der Waals surface area contributed by atoms with Crippen LogP contribution in [0.25, 0.3) is 11.0 Å². The van der Waals surface area contributed by atoms with Gasteiger partial charge in [0.25, 0.3) is 5.91 Å². The highest BCUT2D eigenvalue weighted by Gasteiger charge is 2.08. The molecule has 1 aromatic heterocycles. The second-order valence-corrected chi connectivity index (χ2v) is 7.00. The number of carbonyl (C=O) groups excluding carboxylic acids is 1. The Kier molecular flexibility index (Phi) is 5.36. The topological polar surface area (TPSA) is 104 Å². The number of anilines is 1. The minimum absolute atomic E-state index is 0.300. The van der Waals surface area contributed by atoms with Crippen molar-refractivity contribution in [3.63, 3.8) is 0 Å². The smallest absolute Gasteiger partial charge is 0.314 e. The minimum atomic E-state index is -0.748. The Morgan fingerprint density at radius 3 is 2.23 bits per heavy atom. The minimum Gasteiger partial charge on any atom is -0.489 e. The zero-order chi connectivity index (χ0) is 21.1. The van der Waals surface area contributed by atoms with Crippen molar-refractivity contribution in [3.05, 3.63) is 104 Å². The van der Waals surface area contributed by atoms with Crippen molar-refractivity contribution in [2.75, 3.05) is 5.32 Å². The largest absolute Gasteiger partial charge is 0.489 e. The Bertz CT molecular complexity index is 1330. The molecule has 1 heterocycles. The highest BCUT2D eigenvalue weighted by Crippen LogP contribution is 2.18. The van der Waals surface area contributed by atoms with Gasteiger partial charge in [-0.1, -0.05) is 23.7 Å². The van der Waals surface area contributed by atoms with E-state index in [1.807, 2.05) is 12.1 Å². The third-order valence-corrected chi connectivity index (χ3v) is 4.67. The highest BCUT2D eigenvalue weighted by molar-refractivity contribution is 6.30. The number of fused-ring (bicyclic) bond motifs is 1. The van der Waals surface area contributed by atoms with E-state index in [9.17, 15) is 14.4 Å². The molecule has 3 aromatic carbocycles. The van der Waals surface area contributed by atoms with Gasteiger partial charge in [-0.25, -0.2) is 0 Å². The van der Waals surface area contributed by atoms with Crippen LogP contribution in [0.4, 0.5) is 5.69 Å². The molecule has 0 aliphatic heterocycles. The summed E-state index contributed by atoms with van der Waals surface area (Å²) in [5.41, 5.74) is 1.30. The molecule has 30 heavy (non-hydrogen) atoms. The summed E-state index contributed by atoms with van der Waals surface area (Å²) in [5, 5.41) is 3.41. The number of hydrogen-bond donors (Lipinski definition) is 3. The van der Waals surface area contributed by atoms with Gasteiger partial charge in [-0.15, -0.1) is 0 Å². The number of hydrogen-bond acceptors (Lipinski definition) is 4. The van der Waals surface area contributed by atoms with Crippen molar-refractivity contribution >= 4 is 34.2 Å². The van der Waals surface area contributed by atoms with E-state index in [4.69, 9.17) is 16.3 Å². The van der Waals surface area contributed by atoms with E-state index < -0.39 is 11.1 Å². The zero-order valence-electron chi connectivity index (χ0n) is 15.6. The predicted octanol–water partition coefficient (Wildman–Crippen LogP) is 3.70. The zero-order valence-corrected chi connectivity index (χ0v) is 16.3. The van der Waals surface area contributed by atoms with Crippen molar-refractivity contribution in [1.82, 2.24) is 9.97 Å². The van der Waals surface area contributed by atoms with Crippen LogP contribution in [0.1, 0.15) is 15.9 Å². The van der Waals surface area contributed by atoms with Gasteiger partial charge in [0.2, 0.25) is 0 Å². The number of amides is 1. The SMILES string of the molecule is O=C(Nc1ccc2[nH]c(=O)c(=O)[nH]c2c1)c1ccc(COc2ccc(Cl)cc2)cc1. The summed E-state index contributed by atoms with van der Waals surface area (Å²) in [5.74, 6) is 0.406. The Morgan fingerprint density at radius 1 is 0.867 bits per heavy atom. The number of carbonyl (C=O) groups is 1. The van der Waals surface area contributed by atoms with Crippen molar-refractivity contribution < 1.29 is 9.53 Å². The molecule has 1 amide bonds.